The average Bonchev–Trinajstić information content (AvgIpc) is 2.74. The fourth-order valence-electron chi connectivity index (χ4n) is 2.84. The lowest BCUT2D eigenvalue weighted by Crippen LogP contribution is -2.39. The first-order chi connectivity index (χ1) is 13.7. The molecule has 2 rings (SSSR count). The van der Waals surface area contributed by atoms with Gasteiger partial charge in [-0.3, -0.25) is 9.59 Å². The predicted molar refractivity (Wildman–Crippen MR) is 108 cm³/mol. The second-order valence-electron chi connectivity index (χ2n) is 6.37. The van der Waals surface area contributed by atoms with E-state index in [0.717, 1.165) is 5.56 Å². The summed E-state index contributed by atoms with van der Waals surface area (Å²) in [5.74, 6) is -0.265. The Balaban J connectivity index is 2.14. The molecule has 0 aromatic heterocycles. The van der Waals surface area contributed by atoms with Crippen LogP contribution in [0, 0.1) is 0 Å². The molecule has 6 heteroatoms. The van der Waals surface area contributed by atoms with Gasteiger partial charge in [-0.25, -0.2) is 0 Å². The zero-order valence-electron chi connectivity index (χ0n) is 16.5. The van der Waals surface area contributed by atoms with Crippen LogP contribution in [0.5, 0.6) is 0 Å². The van der Waals surface area contributed by atoms with Gasteiger partial charge >= 0.3 is 0 Å². The Labute approximate surface area is 166 Å². The predicted octanol–water partition coefficient (Wildman–Crippen LogP) is 2.67. The van der Waals surface area contributed by atoms with Gasteiger partial charge in [-0.2, -0.15) is 0 Å². The highest BCUT2D eigenvalue weighted by atomic mass is 16.5. The minimum absolute atomic E-state index is 0.0590. The van der Waals surface area contributed by atoms with Crippen molar-refractivity contribution < 1.29 is 19.1 Å². The molecule has 1 unspecified atom stereocenters. The Kier molecular flexibility index (Phi) is 9.18. The van der Waals surface area contributed by atoms with Gasteiger partial charge < -0.3 is 19.7 Å². The number of benzene rings is 2. The molecule has 2 aromatic rings. The highest BCUT2D eigenvalue weighted by molar-refractivity contribution is 5.94. The summed E-state index contributed by atoms with van der Waals surface area (Å²) in [5, 5.41) is 3.00. The van der Waals surface area contributed by atoms with Crippen LogP contribution in [0.4, 0.5) is 0 Å². The van der Waals surface area contributed by atoms with E-state index in [1.54, 1.807) is 31.3 Å². The summed E-state index contributed by atoms with van der Waals surface area (Å²) in [7, 11) is 3.21. The molecule has 0 aliphatic rings. The van der Waals surface area contributed by atoms with Crippen LogP contribution >= 0.6 is 0 Å². The monoisotopic (exact) mass is 384 g/mol. The highest BCUT2D eigenvalue weighted by Crippen LogP contribution is 2.19. The Morgan fingerprint density at radius 1 is 0.893 bits per heavy atom. The third-order valence-electron chi connectivity index (χ3n) is 4.41. The Bertz CT molecular complexity index is 714. The van der Waals surface area contributed by atoms with E-state index >= 15 is 0 Å². The average molecular weight is 384 g/mol. The molecule has 0 heterocycles. The van der Waals surface area contributed by atoms with Crippen molar-refractivity contribution in [2.45, 2.75) is 12.5 Å². The zero-order valence-corrected chi connectivity index (χ0v) is 16.5. The van der Waals surface area contributed by atoms with Crippen molar-refractivity contribution in [2.24, 2.45) is 0 Å². The summed E-state index contributed by atoms with van der Waals surface area (Å²) < 4.78 is 10.2. The van der Waals surface area contributed by atoms with Crippen LogP contribution in [-0.4, -0.2) is 57.2 Å². The van der Waals surface area contributed by atoms with Gasteiger partial charge in [0.05, 0.1) is 25.7 Å². The third-order valence-corrected chi connectivity index (χ3v) is 4.41. The van der Waals surface area contributed by atoms with Crippen LogP contribution in [0.15, 0.2) is 60.7 Å². The molecule has 0 bridgehead atoms. The van der Waals surface area contributed by atoms with Gasteiger partial charge in [-0.1, -0.05) is 48.5 Å². The Morgan fingerprint density at radius 3 is 1.96 bits per heavy atom. The Hall–Kier alpha value is -2.70. The first-order valence-electron chi connectivity index (χ1n) is 9.32. The lowest BCUT2D eigenvalue weighted by molar-refractivity contribution is -0.133. The zero-order chi connectivity index (χ0) is 20.2. The first-order valence-corrected chi connectivity index (χ1v) is 9.32. The summed E-state index contributed by atoms with van der Waals surface area (Å²) in [6, 6.07) is 18.1. The van der Waals surface area contributed by atoms with Gasteiger partial charge in [0.1, 0.15) is 0 Å². The van der Waals surface area contributed by atoms with Crippen molar-refractivity contribution in [3.8, 4) is 0 Å². The van der Waals surface area contributed by atoms with Gasteiger partial charge in [-0.05, 0) is 17.7 Å². The number of amides is 2. The van der Waals surface area contributed by atoms with Gasteiger partial charge in [0, 0.05) is 32.9 Å². The molecule has 1 atom stereocenters. The molecule has 0 aliphatic carbocycles. The van der Waals surface area contributed by atoms with E-state index in [-0.39, 0.29) is 18.2 Å². The van der Waals surface area contributed by atoms with Gasteiger partial charge in [0.2, 0.25) is 5.91 Å². The number of ether oxygens (including phenoxy) is 2. The maximum atomic E-state index is 12.9. The first kappa shape index (κ1) is 21.6. The number of methoxy groups -OCH3 is 2. The molecule has 0 saturated heterocycles. The molecule has 2 aromatic carbocycles. The molecule has 0 saturated carbocycles. The van der Waals surface area contributed by atoms with E-state index < -0.39 is 6.04 Å². The smallest absolute Gasteiger partial charge is 0.251 e. The molecule has 150 valence electrons. The summed E-state index contributed by atoms with van der Waals surface area (Å²) >= 11 is 0. The molecule has 0 radical (unpaired) electrons. The van der Waals surface area contributed by atoms with Crippen molar-refractivity contribution in [3.05, 3.63) is 71.8 Å². The van der Waals surface area contributed by atoms with Crippen LogP contribution in [0.25, 0.3) is 0 Å². The fraction of sp³-hybridized carbons (Fsp3) is 0.364. The van der Waals surface area contributed by atoms with Crippen molar-refractivity contribution in [2.75, 3.05) is 40.5 Å². The number of carbonyl (C=O) groups excluding carboxylic acids is 2. The van der Waals surface area contributed by atoms with E-state index in [9.17, 15) is 9.59 Å². The standard InChI is InChI=1S/C22H28N2O4/c1-27-15-13-24(14-16-28-2)21(25)17-20(18-9-5-3-6-10-18)23-22(26)19-11-7-4-8-12-19/h3-12,20H,13-17H2,1-2H3,(H,23,26). The Morgan fingerprint density at radius 2 is 1.43 bits per heavy atom. The number of nitrogens with one attached hydrogen (secondary N) is 1. The van der Waals surface area contributed by atoms with Crippen LogP contribution in [0.2, 0.25) is 0 Å². The van der Waals surface area contributed by atoms with E-state index in [2.05, 4.69) is 5.32 Å². The summed E-state index contributed by atoms with van der Waals surface area (Å²) in [5.41, 5.74) is 1.45. The van der Waals surface area contributed by atoms with E-state index in [1.165, 1.54) is 0 Å². The van der Waals surface area contributed by atoms with Crippen molar-refractivity contribution in [1.29, 1.82) is 0 Å². The fourth-order valence-corrected chi connectivity index (χ4v) is 2.84. The molecule has 1 N–H and O–H groups in total. The molecular weight excluding hydrogens is 356 g/mol. The van der Waals surface area contributed by atoms with E-state index in [1.807, 2.05) is 48.5 Å². The molecule has 6 nitrogen and oxygen atoms in total. The van der Waals surface area contributed by atoms with Gasteiger partial charge in [0.15, 0.2) is 0 Å². The molecule has 28 heavy (non-hydrogen) atoms. The van der Waals surface area contributed by atoms with Crippen LogP contribution in [0.1, 0.15) is 28.4 Å². The maximum absolute atomic E-state index is 12.9. The van der Waals surface area contributed by atoms with E-state index in [4.69, 9.17) is 9.47 Å². The molecule has 0 fully saturated rings. The normalized spacial score (nSPS) is 11.6. The van der Waals surface area contributed by atoms with Crippen molar-refractivity contribution in [3.63, 3.8) is 0 Å². The van der Waals surface area contributed by atoms with Crippen LogP contribution < -0.4 is 5.32 Å². The lowest BCUT2D eigenvalue weighted by Gasteiger charge is -2.26. The number of hydrogen-bond acceptors (Lipinski definition) is 4. The largest absolute Gasteiger partial charge is 0.383 e. The summed E-state index contributed by atoms with van der Waals surface area (Å²) in [6.45, 7) is 1.85. The maximum Gasteiger partial charge on any atom is 0.251 e. The molecule has 2 amide bonds. The second kappa shape index (κ2) is 11.9. The van der Waals surface area contributed by atoms with E-state index in [0.29, 0.717) is 31.9 Å². The van der Waals surface area contributed by atoms with Crippen molar-refractivity contribution in [1.82, 2.24) is 10.2 Å². The third kappa shape index (κ3) is 6.79. The number of carbonyl (C=O) groups is 2. The molecular formula is C22H28N2O4. The second-order valence-corrected chi connectivity index (χ2v) is 6.37. The lowest BCUT2D eigenvalue weighted by atomic mass is 10.0. The topological polar surface area (TPSA) is 67.9 Å². The minimum atomic E-state index is -0.422. The molecule has 0 aliphatic heterocycles. The SMILES string of the molecule is COCCN(CCOC)C(=O)CC(NC(=O)c1ccccc1)c1ccccc1. The van der Waals surface area contributed by atoms with Crippen LogP contribution in [0.3, 0.4) is 0 Å². The molecule has 0 spiro atoms. The van der Waals surface area contributed by atoms with Gasteiger partial charge in [0.25, 0.3) is 5.91 Å². The number of nitrogens with zero attached hydrogens (tertiary/aromatic N) is 1. The minimum Gasteiger partial charge on any atom is -0.383 e. The summed E-state index contributed by atoms with van der Waals surface area (Å²) in [6.07, 6.45) is 0.163. The quantitative estimate of drug-likeness (QED) is 0.647. The van der Waals surface area contributed by atoms with Gasteiger partial charge in [-0.15, -0.1) is 0 Å². The van der Waals surface area contributed by atoms with Crippen molar-refractivity contribution >= 4 is 11.8 Å². The number of hydrogen-bond donors (Lipinski definition) is 1. The number of rotatable bonds is 11. The summed E-state index contributed by atoms with van der Waals surface area (Å²) in [4.78, 5) is 27.3. The van der Waals surface area contributed by atoms with Crippen LogP contribution in [-0.2, 0) is 14.3 Å². The highest BCUT2D eigenvalue weighted by Gasteiger charge is 2.22.